The molecule has 1 aromatic carbocycles. The number of cyclic esters (lactones) is 1. The lowest BCUT2D eigenvalue weighted by Crippen LogP contribution is -2.37. The maximum absolute atomic E-state index is 14.3. The van der Waals surface area contributed by atoms with Crippen LogP contribution in [0.3, 0.4) is 0 Å². The van der Waals surface area contributed by atoms with Crippen LogP contribution < -0.4 is 20.7 Å². The molecule has 0 spiro atoms. The second kappa shape index (κ2) is 7.31. The maximum atomic E-state index is 14.3. The molecule has 1 amide bonds. The molecule has 1 fully saturated rings. The number of thiocarbonyl (C=S) groups is 1. The average Bonchev–Trinajstić information content (AvgIpc) is 2.97. The Bertz CT molecular complexity index is 790. The molecule has 2 heterocycles. The number of carbonyl (C=O) groups excluding carboxylic acids is 1. The largest absolute Gasteiger partial charge is 0.453 e. The molecule has 3 rings (SSSR count). The van der Waals surface area contributed by atoms with Gasteiger partial charge in [-0.2, -0.15) is 0 Å². The van der Waals surface area contributed by atoms with Crippen LogP contribution in [-0.2, 0) is 4.74 Å². The van der Waals surface area contributed by atoms with Gasteiger partial charge >= 0.3 is 6.09 Å². The van der Waals surface area contributed by atoms with Crippen LogP contribution in [0.1, 0.15) is 0 Å². The summed E-state index contributed by atoms with van der Waals surface area (Å²) >= 11 is 4.71. The molecule has 0 radical (unpaired) electrons. The van der Waals surface area contributed by atoms with E-state index in [2.05, 4.69) is 10.3 Å². The van der Waals surface area contributed by atoms with Crippen molar-refractivity contribution >= 4 is 29.1 Å². The summed E-state index contributed by atoms with van der Waals surface area (Å²) < 4.78 is 24.9. The van der Waals surface area contributed by atoms with Crippen molar-refractivity contribution in [1.29, 1.82) is 0 Å². The first-order valence-corrected chi connectivity index (χ1v) is 7.82. The molecule has 0 aliphatic carbocycles. The minimum absolute atomic E-state index is 0.0380. The summed E-state index contributed by atoms with van der Waals surface area (Å²) in [4.78, 5) is 17.2. The second-order valence-corrected chi connectivity index (χ2v) is 5.71. The van der Waals surface area contributed by atoms with Gasteiger partial charge in [-0.1, -0.05) is 0 Å². The van der Waals surface area contributed by atoms with Gasteiger partial charge in [-0.05, 0) is 36.5 Å². The van der Waals surface area contributed by atoms with Crippen molar-refractivity contribution in [1.82, 2.24) is 10.3 Å². The van der Waals surface area contributed by atoms with Gasteiger partial charge in [0.05, 0.1) is 25.0 Å². The monoisotopic (exact) mass is 362 g/mol. The molecule has 7 nitrogen and oxygen atoms in total. The Morgan fingerprint density at radius 1 is 1.52 bits per heavy atom. The van der Waals surface area contributed by atoms with Crippen molar-refractivity contribution < 1.29 is 18.7 Å². The summed E-state index contributed by atoms with van der Waals surface area (Å²) in [6.07, 6.45) is 2.08. The van der Waals surface area contributed by atoms with Gasteiger partial charge in [-0.3, -0.25) is 9.88 Å². The van der Waals surface area contributed by atoms with Crippen molar-refractivity contribution in [3.05, 3.63) is 48.5 Å². The second-order valence-electron chi connectivity index (χ2n) is 5.27. The van der Waals surface area contributed by atoms with E-state index in [1.165, 1.54) is 23.2 Å². The molecule has 1 aromatic heterocycles. The number of ether oxygens (including phenoxy) is 2. The Labute approximate surface area is 148 Å². The van der Waals surface area contributed by atoms with Gasteiger partial charge in [0.1, 0.15) is 11.9 Å². The highest BCUT2D eigenvalue weighted by molar-refractivity contribution is 7.80. The molecule has 3 N–H and O–H groups in total. The normalized spacial score (nSPS) is 16.4. The van der Waals surface area contributed by atoms with Crippen LogP contribution in [0.2, 0.25) is 0 Å². The summed E-state index contributed by atoms with van der Waals surface area (Å²) in [7, 11) is 0. The molecular weight excluding hydrogens is 347 g/mol. The van der Waals surface area contributed by atoms with Crippen LogP contribution in [0.4, 0.5) is 14.9 Å². The molecular formula is C16H15FN4O3S. The summed E-state index contributed by atoms with van der Waals surface area (Å²) in [5, 5.41) is 2.86. The Kier molecular flexibility index (Phi) is 4.94. The smallest absolute Gasteiger partial charge is 0.414 e. The highest BCUT2D eigenvalue weighted by atomic mass is 32.1. The first-order valence-electron chi connectivity index (χ1n) is 7.42. The lowest BCUT2D eigenvalue weighted by molar-refractivity contribution is 0.143. The van der Waals surface area contributed by atoms with Gasteiger partial charge in [0.2, 0.25) is 0 Å². The minimum Gasteiger partial charge on any atom is -0.453 e. The van der Waals surface area contributed by atoms with Crippen molar-refractivity contribution in [2.24, 2.45) is 5.73 Å². The van der Waals surface area contributed by atoms with Crippen molar-refractivity contribution in [2.75, 3.05) is 18.0 Å². The van der Waals surface area contributed by atoms with Gasteiger partial charge in [0.25, 0.3) is 0 Å². The predicted molar refractivity (Wildman–Crippen MR) is 93.1 cm³/mol. The highest BCUT2D eigenvalue weighted by Crippen LogP contribution is 2.29. The first-order chi connectivity index (χ1) is 12.0. The van der Waals surface area contributed by atoms with Gasteiger partial charge in [-0.25, -0.2) is 9.18 Å². The summed E-state index contributed by atoms with van der Waals surface area (Å²) in [5.74, 6) is -0.145. The van der Waals surface area contributed by atoms with Gasteiger partial charge < -0.3 is 20.5 Å². The molecule has 1 saturated heterocycles. The summed E-state index contributed by atoms with van der Waals surface area (Å²) in [6.45, 7) is 0.555. The number of benzene rings is 1. The molecule has 0 saturated carbocycles. The number of nitrogens with zero attached hydrogens (tertiary/aromatic N) is 2. The zero-order chi connectivity index (χ0) is 17.8. The predicted octanol–water partition coefficient (Wildman–Crippen LogP) is 2.17. The molecule has 1 aliphatic rings. The fraction of sp³-hybridized carbons (Fsp3) is 0.188. The number of carbonyl (C=O) groups is 1. The first kappa shape index (κ1) is 16.9. The summed E-state index contributed by atoms with van der Waals surface area (Å²) in [6, 6.07) is 7.60. The van der Waals surface area contributed by atoms with E-state index < -0.39 is 18.0 Å². The Balaban J connectivity index is 1.70. The Hall–Kier alpha value is -2.94. The van der Waals surface area contributed by atoms with Gasteiger partial charge in [-0.15, -0.1) is 0 Å². The zero-order valence-electron chi connectivity index (χ0n) is 13.0. The Morgan fingerprint density at radius 3 is 3.04 bits per heavy atom. The Morgan fingerprint density at radius 2 is 2.36 bits per heavy atom. The topological polar surface area (TPSA) is 89.7 Å². The minimum atomic E-state index is -0.598. The molecule has 1 unspecified atom stereocenters. The lowest BCUT2D eigenvalue weighted by Gasteiger charge is -2.14. The van der Waals surface area contributed by atoms with E-state index in [1.807, 2.05) is 0 Å². The van der Waals surface area contributed by atoms with Crippen molar-refractivity contribution in [3.8, 4) is 11.5 Å². The number of amides is 1. The molecule has 25 heavy (non-hydrogen) atoms. The van der Waals surface area contributed by atoms with Gasteiger partial charge in [0.15, 0.2) is 16.7 Å². The number of halogens is 1. The third-order valence-corrected chi connectivity index (χ3v) is 3.61. The molecule has 1 atom stereocenters. The number of rotatable bonds is 5. The van der Waals surface area contributed by atoms with Gasteiger partial charge in [0, 0.05) is 12.3 Å². The van der Waals surface area contributed by atoms with E-state index in [0.717, 1.165) is 0 Å². The number of nitrogens with two attached hydrogens (primary N) is 1. The molecule has 9 heteroatoms. The van der Waals surface area contributed by atoms with E-state index in [1.54, 1.807) is 24.4 Å². The lowest BCUT2D eigenvalue weighted by atomic mass is 10.2. The van der Waals surface area contributed by atoms with Crippen LogP contribution in [0.5, 0.6) is 11.5 Å². The fourth-order valence-corrected chi connectivity index (χ4v) is 2.41. The van der Waals surface area contributed by atoms with E-state index >= 15 is 0 Å². The number of aromatic nitrogens is 1. The molecule has 1 aliphatic heterocycles. The molecule has 130 valence electrons. The van der Waals surface area contributed by atoms with Crippen LogP contribution in [-0.4, -0.2) is 35.4 Å². The van der Waals surface area contributed by atoms with Crippen molar-refractivity contribution in [2.45, 2.75) is 6.10 Å². The quantitative estimate of drug-likeness (QED) is 0.788. The van der Waals surface area contributed by atoms with E-state index in [-0.39, 0.29) is 17.4 Å². The SMILES string of the molecule is NC(=S)NCC1CN(c2ccc(Oc3cccnc3)c(F)c2)C(=O)O1. The average molecular weight is 362 g/mol. The number of nitrogens with one attached hydrogen (secondary N) is 1. The van der Waals surface area contributed by atoms with E-state index in [0.29, 0.717) is 18.0 Å². The van der Waals surface area contributed by atoms with Crippen LogP contribution in [0, 0.1) is 5.82 Å². The summed E-state index contributed by atoms with van der Waals surface area (Å²) in [5.41, 5.74) is 5.72. The third-order valence-electron chi connectivity index (χ3n) is 3.47. The van der Waals surface area contributed by atoms with Crippen LogP contribution in [0.15, 0.2) is 42.7 Å². The zero-order valence-corrected chi connectivity index (χ0v) is 13.8. The highest BCUT2D eigenvalue weighted by Gasteiger charge is 2.32. The van der Waals surface area contributed by atoms with Crippen molar-refractivity contribution in [3.63, 3.8) is 0 Å². The third kappa shape index (κ3) is 4.13. The van der Waals surface area contributed by atoms with Crippen LogP contribution >= 0.6 is 12.2 Å². The van der Waals surface area contributed by atoms with E-state index in [4.69, 9.17) is 27.4 Å². The fourth-order valence-electron chi connectivity index (χ4n) is 2.33. The van der Waals surface area contributed by atoms with E-state index in [9.17, 15) is 9.18 Å². The standard InChI is InChI=1S/C16H15FN4O3S/c17-13-6-10(3-4-14(13)23-11-2-1-5-19-7-11)21-9-12(24-16(21)22)8-20-15(18)25/h1-7,12H,8-9H2,(H3,18,20,25). The molecule has 2 aromatic rings. The number of hydrogen-bond donors (Lipinski definition) is 2. The number of anilines is 1. The number of hydrogen-bond acceptors (Lipinski definition) is 5. The van der Waals surface area contributed by atoms with Crippen LogP contribution in [0.25, 0.3) is 0 Å². The number of pyridine rings is 1. The molecule has 0 bridgehead atoms. The maximum Gasteiger partial charge on any atom is 0.414 e.